The van der Waals surface area contributed by atoms with Crippen LogP contribution in [0.15, 0.2) is 22.6 Å². The Hall–Kier alpha value is -1.64. The van der Waals surface area contributed by atoms with Gasteiger partial charge in [0.15, 0.2) is 17.8 Å². The van der Waals surface area contributed by atoms with Crippen LogP contribution in [0.25, 0.3) is 11.1 Å². The van der Waals surface area contributed by atoms with Crippen LogP contribution in [0.3, 0.4) is 0 Å². The van der Waals surface area contributed by atoms with Gasteiger partial charge in [0.1, 0.15) is 5.52 Å². The molecule has 0 bridgehead atoms. The first kappa shape index (κ1) is 10.9. The highest BCUT2D eigenvalue weighted by molar-refractivity contribution is 5.93. The smallest absolute Gasteiger partial charge is 0.195 e. The predicted octanol–water partition coefficient (Wildman–Crippen LogP) is 3.37. The molecule has 0 saturated heterocycles. The first-order valence-corrected chi connectivity index (χ1v) is 5.68. The molecule has 0 aliphatic heterocycles. The lowest BCUT2D eigenvalue weighted by Gasteiger charge is -1.92. The van der Waals surface area contributed by atoms with Crippen LogP contribution in [0.2, 0.25) is 0 Å². The minimum Gasteiger partial charge on any atom is -0.441 e. The summed E-state index contributed by atoms with van der Waals surface area (Å²) in [5, 5.41) is 0. The van der Waals surface area contributed by atoms with Gasteiger partial charge in [-0.15, -0.1) is 0 Å². The van der Waals surface area contributed by atoms with Crippen LogP contribution >= 0.6 is 0 Å². The fraction of sp³-hybridized carbons (Fsp3) is 0.385. The number of fused-ring (bicyclic) bond motifs is 1. The molecule has 1 aromatic heterocycles. The molecule has 0 amide bonds. The monoisotopic (exact) mass is 217 g/mol. The third-order valence-corrected chi connectivity index (χ3v) is 2.62. The lowest BCUT2D eigenvalue weighted by molar-refractivity contribution is 0.112. The normalized spacial score (nSPS) is 10.8. The number of para-hydroxylation sites is 1. The summed E-state index contributed by atoms with van der Waals surface area (Å²) in [5.74, 6) is 0.734. The van der Waals surface area contributed by atoms with Crippen molar-refractivity contribution in [3.63, 3.8) is 0 Å². The van der Waals surface area contributed by atoms with Crippen molar-refractivity contribution in [1.29, 1.82) is 0 Å². The maximum absolute atomic E-state index is 10.8. The molecule has 2 rings (SSSR count). The van der Waals surface area contributed by atoms with E-state index < -0.39 is 0 Å². The quantitative estimate of drug-likeness (QED) is 0.569. The van der Waals surface area contributed by atoms with Gasteiger partial charge in [-0.05, 0) is 18.6 Å². The zero-order valence-electron chi connectivity index (χ0n) is 9.40. The van der Waals surface area contributed by atoms with E-state index in [9.17, 15) is 4.79 Å². The highest BCUT2D eigenvalue weighted by Crippen LogP contribution is 2.19. The Morgan fingerprint density at radius 2 is 2.25 bits per heavy atom. The number of rotatable bonds is 5. The fourth-order valence-electron chi connectivity index (χ4n) is 1.74. The molecule has 84 valence electrons. The average molecular weight is 217 g/mol. The second kappa shape index (κ2) is 4.92. The molecule has 1 aromatic carbocycles. The van der Waals surface area contributed by atoms with Crippen LogP contribution in [0.1, 0.15) is 42.4 Å². The number of hydrogen-bond donors (Lipinski definition) is 0. The van der Waals surface area contributed by atoms with Gasteiger partial charge in [-0.3, -0.25) is 4.79 Å². The van der Waals surface area contributed by atoms with E-state index >= 15 is 0 Å². The zero-order valence-corrected chi connectivity index (χ0v) is 9.40. The average Bonchev–Trinajstić information content (AvgIpc) is 2.71. The molecule has 2 aromatic rings. The standard InChI is InChI=1S/C13H15NO2/c1-2-3-4-8-12-14-13-10(9-15)6-5-7-11(13)16-12/h5-7,9H,2-4,8H2,1H3. The van der Waals surface area contributed by atoms with Crippen LogP contribution < -0.4 is 0 Å². The van der Waals surface area contributed by atoms with Crippen LogP contribution in [0, 0.1) is 0 Å². The molecule has 1 heterocycles. The Morgan fingerprint density at radius 1 is 1.38 bits per heavy atom. The van der Waals surface area contributed by atoms with Crippen molar-refractivity contribution in [2.45, 2.75) is 32.6 Å². The maximum Gasteiger partial charge on any atom is 0.195 e. The van der Waals surface area contributed by atoms with Gasteiger partial charge in [-0.25, -0.2) is 4.98 Å². The molecule has 16 heavy (non-hydrogen) atoms. The maximum atomic E-state index is 10.8. The fourth-order valence-corrected chi connectivity index (χ4v) is 1.74. The Morgan fingerprint density at radius 3 is 3.00 bits per heavy atom. The Bertz CT molecular complexity index is 488. The Labute approximate surface area is 94.5 Å². The lowest BCUT2D eigenvalue weighted by atomic mass is 10.2. The number of benzene rings is 1. The van der Waals surface area contributed by atoms with Crippen LogP contribution in [-0.4, -0.2) is 11.3 Å². The molecule has 0 spiro atoms. The number of carbonyl (C=O) groups is 1. The SMILES string of the molecule is CCCCCc1nc2c(C=O)cccc2o1. The summed E-state index contributed by atoms with van der Waals surface area (Å²) in [6.45, 7) is 2.16. The van der Waals surface area contributed by atoms with Crippen LogP contribution in [0.5, 0.6) is 0 Å². The number of unbranched alkanes of at least 4 members (excludes halogenated alkanes) is 2. The van der Waals surface area contributed by atoms with E-state index in [1.807, 2.05) is 12.1 Å². The molecular formula is C13H15NO2. The van der Waals surface area contributed by atoms with Gasteiger partial charge in [0, 0.05) is 12.0 Å². The van der Waals surface area contributed by atoms with Crippen LogP contribution in [-0.2, 0) is 6.42 Å². The van der Waals surface area contributed by atoms with E-state index in [0.29, 0.717) is 16.7 Å². The van der Waals surface area contributed by atoms with Gasteiger partial charge in [0.2, 0.25) is 0 Å². The summed E-state index contributed by atoms with van der Waals surface area (Å²) >= 11 is 0. The Kier molecular flexibility index (Phi) is 3.34. The molecule has 0 aliphatic rings. The van der Waals surface area contributed by atoms with Crippen molar-refractivity contribution in [2.24, 2.45) is 0 Å². The Balaban J connectivity index is 2.25. The minimum absolute atomic E-state index is 0.600. The van der Waals surface area contributed by atoms with E-state index in [2.05, 4.69) is 11.9 Å². The number of aryl methyl sites for hydroxylation is 1. The summed E-state index contributed by atoms with van der Waals surface area (Å²) in [6.07, 6.45) is 5.11. The number of nitrogens with zero attached hydrogens (tertiary/aromatic N) is 1. The minimum atomic E-state index is 0.600. The largest absolute Gasteiger partial charge is 0.441 e. The molecule has 3 heteroatoms. The van der Waals surface area contributed by atoms with E-state index in [0.717, 1.165) is 25.0 Å². The molecular weight excluding hydrogens is 202 g/mol. The van der Waals surface area contributed by atoms with Gasteiger partial charge in [-0.2, -0.15) is 0 Å². The van der Waals surface area contributed by atoms with Gasteiger partial charge < -0.3 is 4.42 Å². The molecule has 0 saturated carbocycles. The van der Waals surface area contributed by atoms with Crippen molar-refractivity contribution >= 4 is 17.4 Å². The first-order chi connectivity index (χ1) is 7.85. The molecule has 3 nitrogen and oxygen atoms in total. The lowest BCUT2D eigenvalue weighted by Crippen LogP contribution is -1.85. The predicted molar refractivity (Wildman–Crippen MR) is 62.6 cm³/mol. The molecule has 0 aliphatic carbocycles. The molecule has 0 unspecified atom stereocenters. The summed E-state index contributed by atoms with van der Waals surface area (Å²) in [7, 11) is 0. The molecule has 0 atom stereocenters. The topological polar surface area (TPSA) is 43.1 Å². The first-order valence-electron chi connectivity index (χ1n) is 5.68. The third-order valence-electron chi connectivity index (χ3n) is 2.62. The molecule has 0 radical (unpaired) electrons. The number of aromatic nitrogens is 1. The molecule has 0 N–H and O–H groups in total. The zero-order chi connectivity index (χ0) is 11.4. The number of hydrogen-bond acceptors (Lipinski definition) is 3. The van der Waals surface area contributed by atoms with E-state index in [1.165, 1.54) is 12.8 Å². The number of carbonyl (C=O) groups excluding carboxylic acids is 1. The summed E-state index contributed by atoms with van der Waals surface area (Å²) in [6, 6.07) is 5.42. The van der Waals surface area contributed by atoms with Crippen LogP contribution in [0.4, 0.5) is 0 Å². The highest BCUT2D eigenvalue weighted by atomic mass is 16.3. The van der Waals surface area contributed by atoms with Crippen molar-refractivity contribution in [3.05, 3.63) is 29.7 Å². The second-order valence-corrected chi connectivity index (χ2v) is 3.88. The highest BCUT2D eigenvalue weighted by Gasteiger charge is 2.08. The summed E-state index contributed by atoms with van der Waals surface area (Å²) in [4.78, 5) is 15.2. The number of aldehydes is 1. The van der Waals surface area contributed by atoms with E-state index in [4.69, 9.17) is 4.42 Å². The third kappa shape index (κ3) is 2.13. The van der Waals surface area contributed by atoms with Gasteiger partial charge in [0.05, 0.1) is 0 Å². The molecule has 0 fully saturated rings. The second-order valence-electron chi connectivity index (χ2n) is 3.88. The van der Waals surface area contributed by atoms with Gasteiger partial charge >= 0.3 is 0 Å². The number of oxazole rings is 1. The van der Waals surface area contributed by atoms with Crippen molar-refractivity contribution in [1.82, 2.24) is 4.98 Å². The summed E-state index contributed by atoms with van der Waals surface area (Å²) in [5.41, 5.74) is 1.99. The van der Waals surface area contributed by atoms with E-state index in [1.54, 1.807) is 6.07 Å². The van der Waals surface area contributed by atoms with Gasteiger partial charge in [-0.1, -0.05) is 25.8 Å². The van der Waals surface area contributed by atoms with Crippen molar-refractivity contribution in [3.8, 4) is 0 Å². The van der Waals surface area contributed by atoms with E-state index in [-0.39, 0.29) is 0 Å². The summed E-state index contributed by atoms with van der Waals surface area (Å²) < 4.78 is 5.59. The van der Waals surface area contributed by atoms with Crippen molar-refractivity contribution in [2.75, 3.05) is 0 Å². The van der Waals surface area contributed by atoms with Gasteiger partial charge in [0.25, 0.3) is 0 Å². The van der Waals surface area contributed by atoms with Crippen molar-refractivity contribution < 1.29 is 9.21 Å².